The molecule has 1 spiro atoms. The van der Waals surface area contributed by atoms with Gasteiger partial charge in [-0.05, 0) is 59.5 Å². The molecule has 3 aliphatic rings. The van der Waals surface area contributed by atoms with Crippen molar-refractivity contribution in [2.45, 2.75) is 36.1 Å². The molecular weight excluding hydrogens is 569 g/mol. The zero-order valence-corrected chi connectivity index (χ0v) is 23.6. The topological polar surface area (TPSA) is 82.2 Å². The van der Waals surface area contributed by atoms with Crippen LogP contribution in [0.25, 0.3) is 10.8 Å². The van der Waals surface area contributed by atoms with E-state index in [-0.39, 0.29) is 31.8 Å². The van der Waals surface area contributed by atoms with Crippen molar-refractivity contribution in [3.05, 3.63) is 89.6 Å². The monoisotopic (exact) mass is 600 g/mol. The molecule has 1 amide bonds. The average Bonchev–Trinajstić information content (AvgIpc) is 3.40. The van der Waals surface area contributed by atoms with E-state index in [4.69, 9.17) is 4.84 Å². The summed E-state index contributed by atoms with van der Waals surface area (Å²) in [6.07, 6.45) is -2.40. The first kappa shape index (κ1) is 28.7. The van der Waals surface area contributed by atoms with E-state index in [2.05, 4.69) is 40.7 Å². The zero-order chi connectivity index (χ0) is 29.5. The minimum Gasteiger partial charge on any atom is -0.335 e. The molecule has 42 heavy (non-hydrogen) atoms. The molecule has 3 aromatic carbocycles. The van der Waals surface area contributed by atoms with Gasteiger partial charge in [0.2, 0.25) is 10.0 Å². The van der Waals surface area contributed by atoms with E-state index in [1.165, 1.54) is 26.7 Å². The number of sulfonamides is 1. The molecule has 0 atom stereocenters. The lowest BCUT2D eigenvalue weighted by molar-refractivity contribution is -0.137. The van der Waals surface area contributed by atoms with Gasteiger partial charge in [-0.15, -0.1) is 0 Å². The summed E-state index contributed by atoms with van der Waals surface area (Å²) in [4.78, 5) is 22.8. The molecule has 0 radical (unpaired) electrons. The Morgan fingerprint density at radius 2 is 1.60 bits per heavy atom. The van der Waals surface area contributed by atoms with Crippen LogP contribution in [-0.4, -0.2) is 73.3 Å². The molecule has 0 bridgehead atoms. The highest BCUT2D eigenvalue weighted by atomic mass is 32.2. The standard InChI is InChI=1S/C30H31F3N4O4S/c31-30(32,33)25-6-3-7-26(19-25)42(39,40)37-12-10-29(11-13-37)20-27(34-41-29)28(38)36-16-14-35(15-17-36)21-22-8-9-23-4-1-2-5-24(23)18-22/h1-9,18-20,34H,10-17,21H2. The van der Waals surface area contributed by atoms with E-state index >= 15 is 0 Å². The van der Waals surface area contributed by atoms with Gasteiger partial charge in [0.1, 0.15) is 11.3 Å². The van der Waals surface area contributed by atoms with Crippen LogP contribution in [0.3, 0.4) is 0 Å². The lowest BCUT2D eigenvalue weighted by Crippen LogP contribution is -2.49. The number of carbonyl (C=O) groups is 1. The molecule has 222 valence electrons. The molecule has 0 unspecified atom stereocenters. The molecule has 2 saturated heterocycles. The molecule has 1 N–H and O–H groups in total. The molecule has 3 aromatic rings. The van der Waals surface area contributed by atoms with Gasteiger partial charge in [0.05, 0.1) is 10.5 Å². The lowest BCUT2D eigenvalue weighted by atomic mass is 9.92. The van der Waals surface area contributed by atoms with Gasteiger partial charge >= 0.3 is 6.18 Å². The zero-order valence-electron chi connectivity index (χ0n) is 22.8. The number of hydrogen-bond acceptors (Lipinski definition) is 6. The van der Waals surface area contributed by atoms with Crippen LogP contribution >= 0.6 is 0 Å². The van der Waals surface area contributed by atoms with Crippen molar-refractivity contribution in [2.24, 2.45) is 0 Å². The second-order valence-electron chi connectivity index (χ2n) is 11.0. The Bertz CT molecular complexity index is 1630. The highest BCUT2D eigenvalue weighted by Crippen LogP contribution is 2.36. The van der Waals surface area contributed by atoms with Crippen molar-refractivity contribution < 1.29 is 31.2 Å². The lowest BCUT2D eigenvalue weighted by Gasteiger charge is -2.35. The number of halogens is 3. The Balaban J connectivity index is 1.04. The second kappa shape index (κ2) is 11.0. The van der Waals surface area contributed by atoms with Crippen molar-refractivity contribution in [1.82, 2.24) is 19.6 Å². The number of carbonyl (C=O) groups excluding carboxylic acids is 1. The molecule has 3 heterocycles. The van der Waals surface area contributed by atoms with Crippen LogP contribution in [-0.2, 0) is 32.4 Å². The van der Waals surface area contributed by atoms with E-state index in [0.29, 0.717) is 24.9 Å². The highest BCUT2D eigenvalue weighted by molar-refractivity contribution is 7.89. The van der Waals surface area contributed by atoms with Crippen LogP contribution in [0.2, 0.25) is 0 Å². The van der Waals surface area contributed by atoms with E-state index in [1.807, 2.05) is 12.1 Å². The van der Waals surface area contributed by atoms with Gasteiger partial charge < -0.3 is 4.90 Å². The summed E-state index contributed by atoms with van der Waals surface area (Å²) in [5, 5.41) is 2.41. The molecule has 3 aliphatic heterocycles. The van der Waals surface area contributed by atoms with Crippen LogP contribution in [0, 0.1) is 0 Å². The molecule has 8 nitrogen and oxygen atoms in total. The molecule has 2 fully saturated rings. The minimum absolute atomic E-state index is 0.0473. The summed E-state index contributed by atoms with van der Waals surface area (Å²) < 4.78 is 66.7. The van der Waals surface area contributed by atoms with Gasteiger partial charge in [0, 0.05) is 45.8 Å². The van der Waals surface area contributed by atoms with Crippen molar-refractivity contribution in [3.8, 4) is 0 Å². The first-order chi connectivity index (χ1) is 20.0. The van der Waals surface area contributed by atoms with E-state index in [1.54, 1.807) is 11.0 Å². The predicted octanol–water partition coefficient (Wildman–Crippen LogP) is 4.15. The molecule has 0 saturated carbocycles. The highest BCUT2D eigenvalue weighted by Gasteiger charge is 2.43. The largest absolute Gasteiger partial charge is 0.416 e. The van der Waals surface area contributed by atoms with Gasteiger partial charge in [-0.2, -0.15) is 17.5 Å². The fraction of sp³-hybridized carbons (Fsp3) is 0.367. The first-order valence-corrected chi connectivity index (χ1v) is 15.3. The molecule has 6 rings (SSSR count). The fourth-order valence-corrected chi connectivity index (χ4v) is 7.28. The summed E-state index contributed by atoms with van der Waals surface area (Å²) >= 11 is 0. The molecular formula is C30H31F3N4O4S. The van der Waals surface area contributed by atoms with E-state index in [9.17, 15) is 26.4 Å². The van der Waals surface area contributed by atoms with Crippen molar-refractivity contribution in [3.63, 3.8) is 0 Å². The summed E-state index contributed by atoms with van der Waals surface area (Å²) in [6.45, 7) is 3.51. The van der Waals surface area contributed by atoms with Crippen LogP contribution in [0.1, 0.15) is 24.0 Å². The molecule has 0 aliphatic carbocycles. The third-order valence-corrected chi connectivity index (χ3v) is 10.1. The number of amides is 1. The number of hydroxylamine groups is 1. The number of nitrogens with one attached hydrogen (secondary N) is 1. The van der Waals surface area contributed by atoms with Crippen LogP contribution < -0.4 is 5.48 Å². The van der Waals surface area contributed by atoms with Gasteiger partial charge in [-0.1, -0.05) is 42.5 Å². The van der Waals surface area contributed by atoms with Gasteiger partial charge in [0.25, 0.3) is 5.91 Å². The summed E-state index contributed by atoms with van der Waals surface area (Å²) in [5.74, 6) is -0.170. The molecule has 0 aromatic heterocycles. The number of rotatable bonds is 5. The number of alkyl halides is 3. The number of piperidine rings is 1. The van der Waals surface area contributed by atoms with Crippen LogP contribution in [0.5, 0.6) is 0 Å². The van der Waals surface area contributed by atoms with E-state index in [0.717, 1.165) is 31.8 Å². The fourth-order valence-electron chi connectivity index (χ4n) is 5.79. The number of benzene rings is 3. The normalized spacial score (nSPS) is 20.1. The number of piperazine rings is 1. The van der Waals surface area contributed by atoms with Gasteiger partial charge in [0.15, 0.2) is 0 Å². The molecule has 12 heteroatoms. The number of nitrogens with zero attached hydrogens (tertiary/aromatic N) is 3. The first-order valence-electron chi connectivity index (χ1n) is 13.9. The third kappa shape index (κ3) is 5.76. The second-order valence-corrected chi connectivity index (χ2v) is 12.9. The summed E-state index contributed by atoms with van der Waals surface area (Å²) in [6, 6.07) is 18.5. The van der Waals surface area contributed by atoms with Gasteiger partial charge in [-0.3, -0.25) is 20.0 Å². The number of fused-ring (bicyclic) bond motifs is 1. The predicted molar refractivity (Wildman–Crippen MR) is 150 cm³/mol. The number of hydrogen-bond donors (Lipinski definition) is 1. The Hall–Kier alpha value is -3.45. The summed E-state index contributed by atoms with van der Waals surface area (Å²) in [7, 11) is -4.12. The van der Waals surface area contributed by atoms with Crippen molar-refractivity contribution in [1.29, 1.82) is 0 Å². The third-order valence-electron chi connectivity index (χ3n) is 8.25. The maximum Gasteiger partial charge on any atom is 0.416 e. The smallest absolute Gasteiger partial charge is 0.335 e. The Kier molecular flexibility index (Phi) is 7.50. The summed E-state index contributed by atoms with van der Waals surface area (Å²) in [5.41, 5.74) is 2.44. The van der Waals surface area contributed by atoms with Crippen molar-refractivity contribution >= 4 is 26.7 Å². The maximum absolute atomic E-state index is 13.3. The van der Waals surface area contributed by atoms with Crippen molar-refractivity contribution in [2.75, 3.05) is 39.3 Å². The van der Waals surface area contributed by atoms with E-state index < -0.39 is 32.3 Å². The average molecular weight is 601 g/mol. The Morgan fingerprint density at radius 1 is 0.881 bits per heavy atom. The SMILES string of the molecule is O=C(C1=CC2(CCN(S(=O)(=O)c3cccc(C(F)(F)F)c3)CC2)ON1)N1CCN(Cc2ccc3ccccc3c2)CC1. The Labute approximate surface area is 242 Å². The van der Waals surface area contributed by atoms with Gasteiger partial charge in [-0.25, -0.2) is 8.42 Å². The Morgan fingerprint density at radius 3 is 2.31 bits per heavy atom. The maximum atomic E-state index is 13.3. The van der Waals surface area contributed by atoms with Crippen LogP contribution in [0.15, 0.2) is 83.4 Å². The minimum atomic E-state index is -4.64. The van der Waals surface area contributed by atoms with Crippen LogP contribution in [0.4, 0.5) is 13.2 Å². The quantitative estimate of drug-likeness (QED) is 0.474.